The second-order valence-corrected chi connectivity index (χ2v) is 11.6. The van der Waals surface area contributed by atoms with Crippen LogP contribution in [0.15, 0.2) is 23.2 Å². The van der Waals surface area contributed by atoms with E-state index in [9.17, 15) is 13.2 Å². The lowest BCUT2D eigenvalue weighted by Crippen LogP contribution is -2.37. The van der Waals surface area contributed by atoms with Gasteiger partial charge in [-0.2, -0.15) is 5.26 Å². The first-order chi connectivity index (χ1) is 16.3. The van der Waals surface area contributed by atoms with Crippen LogP contribution in [0.5, 0.6) is 0 Å². The summed E-state index contributed by atoms with van der Waals surface area (Å²) < 4.78 is 22.9. The Bertz CT molecular complexity index is 1130. The van der Waals surface area contributed by atoms with Crippen molar-refractivity contribution in [1.82, 2.24) is 15.2 Å². The summed E-state index contributed by atoms with van der Waals surface area (Å²) in [6.45, 7) is 2.55. The Hall–Kier alpha value is -2.77. The molecule has 0 spiro atoms. The number of rotatable bonds is 7. The molecule has 1 aromatic rings. The number of sulfone groups is 1. The molecule has 1 aromatic heterocycles. The zero-order chi connectivity index (χ0) is 24.1. The quantitative estimate of drug-likeness (QED) is 0.606. The molecule has 0 saturated carbocycles. The van der Waals surface area contributed by atoms with Gasteiger partial charge in [0.05, 0.1) is 29.7 Å². The number of amides is 1. The van der Waals surface area contributed by atoms with Gasteiger partial charge in [-0.15, -0.1) is 0 Å². The number of nitriles is 1. The van der Waals surface area contributed by atoms with E-state index in [1.165, 1.54) is 6.26 Å². The van der Waals surface area contributed by atoms with Crippen LogP contribution in [0.4, 0.5) is 5.69 Å². The summed E-state index contributed by atoms with van der Waals surface area (Å²) in [5.74, 6) is 0.321. The fourth-order valence-electron chi connectivity index (χ4n) is 4.68. The summed E-state index contributed by atoms with van der Waals surface area (Å²) in [6.07, 6.45) is 9.55. The SMILES string of the molecule is CS(=O)(=O)CCN1CCC(c2ccc(NC(=O)C3=NC[C@@H](C#N)N3)c(C3=CCCCC3)n2)CC1. The second kappa shape index (κ2) is 10.7. The molecule has 1 atom stereocenters. The Morgan fingerprint density at radius 2 is 2.09 bits per heavy atom. The highest BCUT2D eigenvalue weighted by atomic mass is 32.2. The van der Waals surface area contributed by atoms with Crippen LogP contribution in [0.2, 0.25) is 0 Å². The van der Waals surface area contributed by atoms with Crippen molar-refractivity contribution < 1.29 is 13.2 Å². The highest BCUT2D eigenvalue weighted by Gasteiger charge is 2.26. The molecule has 3 heterocycles. The minimum absolute atomic E-state index is 0.181. The summed E-state index contributed by atoms with van der Waals surface area (Å²) in [6, 6.07) is 5.53. The number of likely N-dealkylation sites (tertiary alicyclic amines) is 1. The van der Waals surface area contributed by atoms with Crippen molar-refractivity contribution in [2.75, 3.05) is 43.5 Å². The summed E-state index contributed by atoms with van der Waals surface area (Å²) in [4.78, 5) is 24.1. The third-order valence-corrected chi connectivity index (χ3v) is 7.58. The molecule has 1 aliphatic carbocycles. The number of pyridine rings is 1. The largest absolute Gasteiger partial charge is 0.349 e. The van der Waals surface area contributed by atoms with E-state index in [1.54, 1.807) is 0 Å². The van der Waals surface area contributed by atoms with Crippen LogP contribution in [-0.2, 0) is 14.6 Å². The zero-order valence-electron chi connectivity index (χ0n) is 19.6. The zero-order valence-corrected chi connectivity index (χ0v) is 20.4. The Kier molecular flexibility index (Phi) is 7.63. The molecule has 0 aromatic carbocycles. The van der Waals surface area contributed by atoms with Gasteiger partial charge in [0.25, 0.3) is 5.91 Å². The van der Waals surface area contributed by atoms with Crippen molar-refractivity contribution in [3.05, 3.63) is 29.6 Å². The predicted octanol–water partition coefficient (Wildman–Crippen LogP) is 2.10. The monoisotopic (exact) mass is 484 g/mol. The third-order valence-electron chi connectivity index (χ3n) is 6.66. The average molecular weight is 485 g/mol. The number of piperidine rings is 1. The Morgan fingerprint density at radius 3 is 2.74 bits per heavy atom. The molecule has 3 aliphatic rings. The van der Waals surface area contributed by atoms with Crippen molar-refractivity contribution in [2.45, 2.75) is 50.5 Å². The molecule has 9 nitrogen and oxygen atoms in total. The number of nitrogens with zero attached hydrogens (tertiary/aromatic N) is 4. The Balaban J connectivity index is 1.48. The predicted molar refractivity (Wildman–Crippen MR) is 132 cm³/mol. The van der Waals surface area contributed by atoms with Crippen LogP contribution >= 0.6 is 0 Å². The fraction of sp³-hybridized carbons (Fsp3) is 0.583. The molecule has 4 rings (SSSR count). The van der Waals surface area contributed by atoms with Crippen LogP contribution in [0.25, 0.3) is 5.57 Å². The third kappa shape index (κ3) is 6.21. The van der Waals surface area contributed by atoms with Gasteiger partial charge in [0.1, 0.15) is 15.9 Å². The van der Waals surface area contributed by atoms with Crippen molar-refractivity contribution in [3.63, 3.8) is 0 Å². The molecular weight excluding hydrogens is 452 g/mol. The maximum Gasteiger partial charge on any atom is 0.290 e. The molecular formula is C24H32N6O3S. The molecule has 10 heteroatoms. The highest BCUT2D eigenvalue weighted by molar-refractivity contribution is 7.90. The standard InChI is InChI=1S/C24H32N6O3S/c1-34(32,33)14-13-30-11-9-17(10-12-30)20-7-8-21(22(28-20)18-5-3-2-4-6-18)29-24(31)23-26-16-19(15-25)27-23/h5,7-8,17,19H,2-4,6,9-14,16H2,1H3,(H,26,27)(H,29,31)/t19-/m1/s1. The van der Waals surface area contributed by atoms with Gasteiger partial charge in [0.15, 0.2) is 5.84 Å². The molecule has 182 valence electrons. The van der Waals surface area contributed by atoms with Gasteiger partial charge in [-0.25, -0.2) is 8.42 Å². The van der Waals surface area contributed by atoms with Crippen LogP contribution in [0.3, 0.4) is 0 Å². The van der Waals surface area contributed by atoms with Crippen LogP contribution in [-0.4, -0.2) is 74.3 Å². The van der Waals surface area contributed by atoms with E-state index in [0.717, 1.165) is 68.6 Å². The number of carbonyl (C=O) groups is 1. The van der Waals surface area contributed by atoms with Crippen molar-refractivity contribution in [1.29, 1.82) is 5.26 Å². The first-order valence-electron chi connectivity index (χ1n) is 11.9. The molecule has 0 bridgehead atoms. The van der Waals surface area contributed by atoms with Gasteiger partial charge in [-0.1, -0.05) is 6.08 Å². The topological polar surface area (TPSA) is 128 Å². The minimum Gasteiger partial charge on any atom is -0.349 e. The number of hydrogen-bond donors (Lipinski definition) is 2. The van der Waals surface area contributed by atoms with Gasteiger partial charge in [0, 0.05) is 24.4 Å². The maximum atomic E-state index is 12.8. The van der Waals surface area contributed by atoms with E-state index in [1.807, 2.05) is 12.1 Å². The Morgan fingerprint density at radius 1 is 1.29 bits per heavy atom. The van der Waals surface area contributed by atoms with Gasteiger partial charge >= 0.3 is 0 Å². The van der Waals surface area contributed by atoms with Crippen molar-refractivity contribution in [2.24, 2.45) is 4.99 Å². The molecule has 1 amide bonds. The first kappa shape index (κ1) is 24.4. The molecule has 0 radical (unpaired) electrons. The van der Waals surface area contributed by atoms with E-state index < -0.39 is 15.9 Å². The molecule has 1 fully saturated rings. The van der Waals surface area contributed by atoms with Crippen LogP contribution in [0.1, 0.15) is 55.8 Å². The van der Waals surface area contributed by atoms with Crippen molar-refractivity contribution in [3.8, 4) is 6.07 Å². The highest BCUT2D eigenvalue weighted by Crippen LogP contribution is 2.34. The minimum atomic E-state index is -2.96. The first-order valence-corrected chi connectivity index (χ1v) is 14.0. The van der Waals surface area contributed by atoms with Gasteiger partial charge in [0.2, 0.25) is 0 Å². The van der Waals surface area contributed by atoms with E-state index in [0.29, 0.717) is 18.2 Å². The van der Waals surface area contributed by atoms with Gasteiger partial charge in [-0.05, 0) is 69.3 Å². The summed E-state index contributed by atoms with van der Waals surface area (Å²) in [5, 5.41) is 14.8. The summed E-state index contributed by atoms with van der Waals surface area (Å²) >= 11 is 0. The number of allylic oxidation sites excluding steroid dienone is 2. The van der Waals surface area contributed by atoms with Gasteiger partial charge in [-0.3, -0.25) is 14.8 Å². The van der Waals surface area contributed by atoms with E-state index in [4.69, 9.17) is 10.2 Å². The lowest BCUT2D eigenvalue weighted by Gasteiger charge is -2.31. The molecule has 1 saturated heterocycles. The number of nitrogens with one attached hydrogen (secondary N) is 2. The number of aromatic nitrogens is 1. The number of hydrogen-bond acceptors (Lipinski definition) is 8. The normalized spacial score (nSPS) is 21.8. The number of aliphatic imine (C=N–C) groups is 1. The maximum absolute atomic E-state index is 12.8. The molecule has 34 heavy (non-hydrogen) atoms. The lowest BCUT2D eigenvalue weighted by atomic mass is 9.91. The molecule has 0 unspecified atom stereocenters. The number of amidine groups is 1. The fourth-order valence-corrected chi connectivity index (χ4v) is 5.27. The second-order valence-electron chi connectivity index (χ2n) is 9.32. The molecule has 2 aliphatic heterocycles. The van der Waals surface area contributed by atoms with Crippen LogP contribution in [0, 0.1) is 11.3 Å². The lowest BCUT2D eigenvalue weighted by molar-refractivity contribution is -0.110. The summed E-state index contributed by atoms with van der Waals surface area (Å²) in [5.41, 5.74) is 3.66. The Labute approximate surface area is 201 Å². The molecule has 2 N–H and O–H groups in total. The average Bonchev–Trinajstić information content (AvgIpc) is 3.33. The summed E-state index contributed by atoms with van der Waals surface area (Å²) in [7, 11) is -2.96. The van der Waals surface area contributed by atoms with Crippen LogP contribution < -0.4 is 10.6 Å². The van der Waals surface area contributed by atoms with E-state index >= 15 is 0 Å². The van der Waals surface area contributed by atoms with Crippen molar-refractivity contribution >= 4 is 32.8 Å². The van der Waals surface area contributed by atoms with E-state index in [2.05, 4.69) is 32.7 Å². The smallest absolute Gasteiger partial charge is 0.290 e. The number of anilines is 1. The van der Waals surface area contributed by atoms with E-state index in [-0.39, 0.29) is 24.0 Å². The van der Waals surface area contributed by atoms with Gasteiger partial charge < -0.3 is 15.5 Å². The number of carbonyl (C=O) groups excluding carboxylic acids is 1.